The number of nitrogens with one attached hydrogen (secondary N) is 1. The number of aryl methyl sites for hydroxylation is 1. The number of rotatable bonds is 9. The third-order valence-electron chi connectivity index (χ3n) is 5.08. The zero-order valence-corrected chi connectivity index (χ0v) is 20.6. The predicted molar refractivity (Wildman–Crippen MR) is 139 cm³/mol. The van der Waals surface area contributed by atoms with E-state index in [0.717, 1.165) is 16.7 Å². The molecule has 0 heterocycles. The molecule has 0 fully saturated rings. The molecular formula is C28H23BrN2O4. The van der Waals surface area contributed by atoms with Crippen molar-refractivity contribution in [3.63, 3.8) is 0 Å². The van der Waals surface area contributed by atoms with Crippen LogP contribution in [0, 0.1) is 18.3 Å². The van der Waals surface area contributed by atoms with Gasteiger partial charge in [-0.25, -0.2) is 4.79 Å². The first kappa shape index (κ1) is 25.5. The number of aromatic carboxylic acids is 1. The van der Waals surface area contributed by atoms with Crippen molar-refractivity contribution in [2.75, 3.05) is 5.32 Å². The van der Waals surface area contributed by atoms with Crippen molar-refractivity contribution in [2.45, 2.75) is 20.0 Å². The molecule has 7 heteroatoms. The highest BCUT2D eigenvalue weighted by Crippen LogP contribution is 2.33. The van der Waals surface area contributed by atoms with Crippen molar-refractivity contribution in [1.29, 1.82) is 5.26 Å². The number of ether oxygens (including phenoxy) is 1. The van der Waals surface area contributed by atoms with E-state index in [9.17, 15) is 14.9 Å². The van der Waals surface area contributed by atoms with Gasteiger partial charge in [0, 0.05) is 5.69 Å². The lowest BCUT2D eigenvalue weighted by atomic mass is 10.0. The second-order valence-corrected chi connectivity index (χ2v) is 8.62. The van der Waals surface area contributed by atoms with Crippen molar-refractivity contribution >= 4 is 39.6 Å². The summed E-state index contributed by atoms with van der Waals surface area (Å²) in [6.45, 7) is 5.99. The summed E-state index contributed by atoms with van der Waals surface area (Å²) in [6, 6.07) is 19.4. The predicted octanol–water partition coefficient (Wildman–Crippen LogP) is 6.31. The Morgan fingerprint density at radius 1 is 1.14 bits per heavy atom. The van der Waals surface area contributed by atoms with Crippen LogP contribution in [0.4, 0.5) is 5.69 Å². The summed E-state index contributed by atoms with van der Waals surface area (Å²) < 4.78 is 6.68. The number of carboxylic acid groups (broad SMARTS) is 1. The van der Waals surface area contributed by atoms with E-state index in [1.54, 1.807) is 36.4 Å². The van der Waals surface area contributed by atoms with E-state index in [4.69, 9.17) is 9.84 Å². The van der Waals surface area contributed by atoms with Gasteiger partial charge in [-0.3, -0.25) is 4.79 Å². The van der Waals surface area contributed by atoms with Gasteiger partial charge in [0.1, 0.15) is 24.0 Å². The Balaban J connectivity index is 1.82. The summed E-state index contributed by atoms with van der Waals surface area (Å²) in [5, 5.41) is 21.4. The largest absolute Gasteiger partial charge is 0.487 e. The first-order chi connectivity index (χ1) is 16.8. The third-order valence-corrected chi connectivity index (χ3v) is 5.67. The number of carboxylic acids is 1. The molecule has 0 spiro atoms. The zero-order valence-electron chi connectivity index (χ0n) is 19.0. The molecule has 0 saturated heterocycles. The highest BCUT2D eigenvalue weighted by Gasteiger charge is 2.14. The molecule has 2 N–H and O–H groups in total. The van der Waals surface area contributed by atoms with Crippen LogP contribution in [0.2, 0.25) is 0 Å². The van der Waals surface area contributed by atoms with Gasteiger partial charge >= 0.3 is 5.97 Å². The van der Waals surface area contributed by atoms with Crippen molar-refractivity contribution in [3.8, 4) is 11.8 Å². The molecule has 0 aliphatic carbocycles. The quantitative estimate of drug-likeness (QED) is 0.192. The monoisotopic (exact) mass is 530 g/mol. The highest BCUT2D eigenvalue weighted by molar-refractivity contribution is 9.10. The molecule has 3 rings (SSSR count). The fourth-order valence-electron chi connectivity index (χ4n) is 3.28. The Morgan fingerprint density at radius 2 is 1.83 bits per heavy atom. The van der Waals surface area contributed by atoms with Gasteiger partial charge in [0.25, 0.3) is 5.91 Å². The van der Waals surface area contributed by atoms with Crippen LogP contribution < -0.4 is 10.1 Å². The highest BCUT2D eigenvalue weighted by atomic mass is 79.9. The average Bonchev–Trinajstić information content (AvgIpc) is 2.83. The minimum atomic E-state index is -0.985. The number of anilines is 1. The van der Waals surface area contributed by atoms with E-state index in [0.29, 0.717) is 27.9 Å². The maximum atomic E-state index is 12.6. The molecule has 6 nitrogen and oxygen atoms in total. The van der Waals surface area contributed by atoms with Crippen molar-refractivity contribution < 1.29 is 19.4 Å². The van der Waals surface area contributed by atoms with Gasteiger partial charge in [-0.1, -0.05) is 35.9 Å². The second-order valence-electron chi connectivity index (χ2n) is 7.76. The van der Waals surface area contributed by atoms with Crippen LogP contribution in [-0.2, 0) is 17.8 Å². The topological polar surface area (TPSA) is 99.4 Å². The molecule has 0 bridgehead atoms. The Hall–Kier alpha value is -4.15. The Morgan fingerprint density at radius 3 is 2.43 bits per heavy atom. The van der Waals surface area contributed by atoms with Gasteiger partial charge in [-0.15, -0.1) is 6.58 Å². The summed E-state index contributed by atoms with van der Waals surface area (Å²) in [5.41, 5.74) is 4.14. The van der Waals surface area contributed by atoms with Gasteiger partial charge in [0.05, 0.1) is 10.0 Å². The van der Waals surface area contributed by atoms with E-state index in [2.05, 4.69) is 27.8 Å². The van der Waals surface area contributed by atoms with Crippen LogP contribution in [-0.4, -0.2) is 17.0 Å². The zero-order chi connectivity index (χ0) is 25.4. The van der Waals surface area contributed by atoms with Crippen molar-refractivity contribution in [1.82, 2.24) is 0 Å². The van der Waals surface area contributed by atoms with Crippen LogP contribution >= 0.6 is 15.9 Å². The van der Waals surface area contributed by atoms with Crippen molar-refractivity contribution in [2.24, 2.45) is 0 Å². The minimum Gasteiger partial charge on any atom is -0.487 e. The van der Waals surface area contributed by atoms with Gasteiger partial charge in [-0.2, -0.15) is 5.26 Å². The van der Waals surface area contributed by atoms with Crippen LogP contribution in [0.1, 0.15) is 32.6 Å². The van der Waals surface area contributed by atoms with Gasteiger partial charge in [0.15, 0.2) is 0 Å². The number of carbonyl (C=O) groups is 2. The Labute approximate surface area is 212 Å². The molecular weight excluding hydrogens is 508 g/mol. The standard InChI is InChI=1S/C28H23BrN2O4/c1-3-4-22-13-20(14-23(16-30)27(32)31-24-11-5-18(2)6-12-24)15-25(29)26(22)35-17-19-7-9-21(10-8-19)28(33)34/h3,5-15H,1,4,17H2,2H3,(H,31,32)(H,33,34)/b23-14-. The fourth-order valence-corrected chi connectivity index (χ4v) is 3.91. The van der Waals surface area contributed by atoms with Crippen LogP contribution in [0.15, 0.2) is 83.4 Å². The molecule has 0 radical (unpaired) electrons. The molecule has 0 aromatic heterocycles. The lowest BCUT2D eigenvalue weighted by molar-refractivity contribution is -0.112. The normalized spacial score (nSPS) is 10.8. The third kappa shape index (κ3) is 6.92. The van der Waals surface area contributed by atoms with E-state index in [1.807, 2.05) is 31.2 Å². The molecule has 3 aromatic rings. The molecule has 0 aliphatic heterocycles. The fraction of sp³-hybridized carbons (Fsp3) is 0.107. The molecule has 0 aliphatic rings. The van der Waals surface area contributed by atoms with Gasteiger partial charge < -0.3 is 15.2 Å². The maximum Gasteiger partial charge on any atom is 0.335 e. The first-order valence-corrected chi connectivity index (χ1v) is 11.5. The smallest absolute Gasteiger partial charge is 0.335 e. The lowest BCUT2D eigenvalue weighted by Crippen LogP contribution is -2.13. The number of allylic oxidation sites excluding steroid dienone is 1. The Kier molecular flexibility index (Phi) is 8.60. The number of carbonyl (C=O) groups excluding carboxylic acids is 1. The molecule has 0 saturated carbocycles. The van der Waals surface area contributed by atoms with Crippen LogP contribution in [0.3, 0.4) is 0 Å². The molecule has 0 unspecified atom stereocenters. The molecule has 35 heavy (non-hydrogen) atoms. The number of hydrogen-bond donors (Lipinski definition) is 2. The summed E-state index contributed by atoms with van der Waals surface area (Å²) in [6.07, 6.45) is 3.76. The molecule has 1 amide bonds. The first-order valence-electron chi connectivity index (χ1n) is 10.7. The van der Waals surface area contributed by atoms with Crippen LogP contribution in [0.25, 0.3) is 6.08 Å². The Bertz CT molecular complexity index is 1320. The number of nitriles is 1. The van der Waals surface area contributed by atoms with Gasteiger partial charge in [-0.05, 0) is 88.4 Å². The minimum absolute atomic E-state index is 0.0331. The summed E-state index contributed by atoms with van der Waals surface area (Å²) in [5.74, 6) is -0.878. The summed E-state index contributed by atoms with van der Waals surface area (Å²) in [7, 11) is 0. The number of benzene rings is 3. The number of halogens is 1. The van der Waals surface area contributed by atoms with Crippen LogP contribution in [0.5, 0.6) is 5.75 Å². The average molecular weight is 531 g/mol. The van der Waals surface area contributed by atoms with E-state index < -0.39 is 11.9 Å². The number of amides is 1. The second kappa shape index (κ2) is 11.8. The summed E-state index contributed by atoms with van der Waals surface area (Å²) in [4.78, 5) is 23.7. The van der Waals surface area contributed by atoms with E-state index in [-0.39, 0.29) is 17.7 Å². The number of nitrogens with zero attached hydrogens (tertiary/aromatic N) is 1. The molecule has 0 atom stereocenters. The van der Waals surface area contributed by atoms with Crippen molar-refractivity contribution in [3.05, 3.63) is 111 Å². The van der Waals surface area contributed by atoms with E-state index in [1.165, 1.54) is 18.2 Å². The SMILES string of the molecule is C=CCc1cc(/C=C(/C#N)C(=O)Nc2ccc(C)cc2)cc(Br)c1OCc1ccc(C(=O)O)cc1. The van der Waals surface area contributed by atoms with E-state index >= 15 is 0 Å². The molecule has 3 aromatic carbocycles. The maximum absolute atomic E-state index is 12.6. The number of hydrogen-bond acceptors (Lipinski definition) is 4. The van der Waals surface area contributed by atoms with Gasteiger partial charge in [0.2, 0.25) is 0 Å². The lowest BCUT2D eigenvalue weighted by Gasteiger charge is -2.14. The molecule has 176 valence electrons. The summed E-state index contributed by atoms with van der Waals surface area (Å²) >= 11 is 3.53.